The van der Waals surface area contributed by atoms with Gasteiger partial charge in [-0.2, -0.15) is 13.2 Å². The fraction of sp³-hybridized carbons (Fsp3) is 0.0455. The van der Waals surface area contributed by atoms with Crippen molar-refractivity contribution in [2.24, 2.45) is 0 Å². The van der Waals surface area contributed by atoms with Crippen LogP contribution < -0.4 is 10.0 Å². The van der Waals surface area contributed by atoms with Gasteiger partial charge in [-0.05, 0) is 60.7 Å². The van der Waals surface area contributed by atoms with Gasteiger partial charge in [0, 0.05) is 22.7 Å². The van der Waals surface area contributed by atoms with Gasteiger partial charge in [-0.1, -0.05) is 0 Å². The number of H-pyrrole nitrogens is 1. The Balaban J connectivity index is 1.49. The molecule has 0 unspecified atom stereocenters. The number of carbonyl (C=O) groups is 1. The quantitative estimate of drug-likeness (QED) is 0.319. The van der Waals surface area contributed by atoms with Crippen LogP contribution in [0.15, 0.2) is 71.6 Å². The minimum Gasteiger partial charge on any atom is -0.351 e. The second-order valence-corrected chi connectivity index (χ2v) is 8.91. The number of rotatable bonds is 5. The molecule has 3 N–H and O–H groups in total. The van der Waals surface area contributed by atoms with E-state index in [4.69, 9.17) is 0 Å². The molecule has 1 heterocycles. The molecule has 0 spiro atoms. The van der Waals surface area contributed by atoms with E-state index in [0.29, 0.717) is 11.6 Å². The van der Waals surface area contributed by atoms with Crippen molar-refractivity contribution < 1.29 is 35.2 Å². The van der Waals surface area contributed by atoms with Gasteiger partial charge in [-0.3, -0.25) is 9.52 Å². The van der Waals surface area contributed by atoms with Crippen molar-refractivity contribution in [2.45, 2.75) is 11.1 Å². The van der Waals surface area contributed by atoms with Crippen molar-refractivity contribution in [1.82, 2.24) is 4.98 Å². The first-order valence-corrected chi connectivity index (χ1v) is 11.0. The van der Waals surface area contributed by atoms with E-state index in [0.717, 1.165) is 36.4 Å². The third kappa shape index (κ3) is 5.01. The molecule has 0 aliphatic heterocycles. The Hall–Kier alpha value is -3.93. The average molecular weight is 495 g/mol. The third-order valence-corrected chi connectivity index (χ3v) is 6.13. The second-order valence-electron chi connectivity index (χ2n) is 7.22. The first kappa shape index (κ1) is 23.2. The molecule has 0 aliphatic carbocycles. The summed E-state index contributed by atoms with van der Waals surface area (Å²) in [6, 6.07) is 11.4. The molecule has 0 atom stereocenters. The molecule has 0 saturated heterocycles. The minimum atomic E-state index is -4.52. The molecule has 4 aromatic rings. The molecule has 176 valence electrons. The van der Waals surface area contributed by atoms with Gasteiger partial charge in [0.05, 0.1) is 16.1 Å². The number of aromatic amines is 1. The summed E-state index contributed by atoms with van der Waals surface area (Å²) in [4.78, 5) is 15.0. The van der Waals surface area contributed by atoms with E-state index in [1.54, 1.807) is 0 Å². The summed E-state index contributed by atoms with van der Waals surface area (Å²) in [6.07, 6.45) is -4.52. The number of halogens is 5. The van der Waals surface area contributed by atoms with Crippen LogP contribution in [0.1, 0.15) is 16.1 Å². The molecule has 34 heavy (non-hydrogen) atoms. The van der Waals surface area contributed by atoms with E-state index < -0.39 is 39.3 Å². The third-order valence-electron chi connectivity index (χ3n) is 4.73. The highest BCUT2D eigenvalue weighted by Crippen LogP contribution is 2.31. The van der Waals surface area contributed by atoms with Crippen LogP contribution in [0.3, 0.4) is 0 Å². The smallest absolute Gasteiger partial charge is 0.351 e. The molecule has 1 aromatic heterocycles. The van der Waals surface area contributed by atoms with Crippen LogP contribution in [-0.2, 0) is 16.2 Å². The van der Waals surface area contributed by atoms with Crippen molar-refractivity contribution in [1.29, 1.82) is 0 Å². The number of hydrogen-bond acceptors (Lipinski definition) is 3. The molecule has 0 aliphatic rings. The summed E-state index contributed by atoms with van der Waals surface area (Å²) in [5.74, 6) is -2.57. The van der Waals surface area contributed by atoms with Crippen LogP contribution in [0.25, 0.3) is 10.9 Å². The fourth-order valence-electron chi connectivity index (χ4n) is 3.17. The number of carbonyl (C=O) groups excluding carboxylic acids is 1. The first-order valence-electron chi connectivity index (χ1n) is 9.51. The summed E-state index contributed by atoms with van der Waals surface area (Å²) in [5, 5.41) is 2.70. The van der Waals surface area contributed by atoms with Crippen LogP contribution in [0, 0.1) is 11.6 Å². The number of amides is 1. The lowest BCUT2D eigenvalue weighted by Gasteiger charge is -2.09. The lowest BCUT2D eigenvalue weighted by Crippen LogP contribution is -2.14. The Bertz CT molecular complexity index is 1480. The standard InChI is InChI=1S/C22H14F5N3O3S/c23-14-9-15(24)11-17(10-14)30-34(32,33)18-4-2-16(3-5-18)28-21(31)20-8-12-7-13(22(25,26)27)1-6-19(12)29-20/h1-11,29-30H,(H,28,31). The van der Waals surface area contributed by atoms with Gasteiger partial charge in [0.1, 0.15) is 17.3 Å². The van der Waals surface area contributed by atoms with Gasteiger partial charge in [-0.15, -0.1) is 0 Å². The molecule has 12 heteroatoms. The summed E-state index contributed by atoms with van der Waals surface area (Å²) >= 11 is 0. The Labute approximate surface area is 189 Å². The van der Waals surface area contributed by atoms with Crippen molar-refractivity contribution in [3.05, 3.63) is 89.6 Å². The molecule has 0 saturated carbocycles. The Morgan fingerprint density at radius 1 is 0.824 bits per heavy atom. The van der Waals surface area contributed by atoms with E-state index >= 15 is 0 Å². The molecule has 0 fully saturated rings. The zero-order valence-corrected chi connectivity index (χ0v) is 17.7. The molecular formula is C22H14F5N3O3S. The zero-order valence-electron chi connectivity index (χ0n) is 16.9. The highest BCUT2D eigenvalue weighted by molar-refractivity contribution is 7.92. The number of hydrogen-bond donors (Lipinski definition) is 3. The monoisotopic (exact) mass is 495 g/mol. The number of nitrogens with one attached hydrogen (secondary N) is 3. The van der Waals surface area contributed by atoms with Gasteiger partial charge in [0.25, 0.3) is 15.9 Å². The van der Waals surface area contributed by atoms with E-state index in [-0.39, 0.29) is 27.4 Å². The number of fused-ring (bicyclic) bond motifs is 1. The van der Waals surface area contributed by atoms with Gasteiger partial charge in [-0.25, -0.2) is 17.2 Å². The van der Waals surface area contributed by atoms with Crippen molar-refractivity contribution in [3.63, 3.8) is 0 Å². The Morgan fingerprint density at radius 2 is 1.47 bits per heavy atom. The Kier molecular flexibility index (Phi) is 5.77. The number of benzene rings is 3. The maximum atomic E-state index is 13.3. The van der Waals surface area contributed by atoms with Crippen molar-refractivity contribution in [2.75, 3.05) is 10.0 Å². The Morgan fingerprint density at radius 3 is 2.09 bits per heavy atom. The van der Waals surface area contributed by atoms with Crippen LogP contribution >= 0.6 is 0 Å². The van der Waals surface area contributed by atoms with Crippen molar-refractivity contribution in [3.8, 4) is 0 Å². The van der Waals surface area contributed by atoms with E-state index in [1.165, 1.54) is 24.3 Å². The van der Waals surface area contributed by atoms with Gasteiger partial charge in [0.15, 0.2) is 0 Å². The van der Waals surface area contributed by atoms with Crippen LogP contribution in [0.5, 0.6) is 0 Å². The summed E-state index contributed by atoms with van der Waals surface area (Å²) in [5.41, 5.74) is -0.615. The average Bonchev–Trinajstić information content (AvgIpc) is 3.16. The molecule has 1 amide bonds. The van der Waals surface area contributed by atoms with E-state index in [1.807, 2.05) is 0 Å². The molecule has 4 rings (SSSR count). The number of alkyl halides is 3. The zero-order chi connectivity index (χ0) is 24.7. The van der Waals surface area contributed by atoms with Gasteiger partial charge in [0.2, 0.25) is 0 Å². The lowest BCUT2D eigenvalue weighted by atomic mass is 10.1. The molecule has 3 aromatic carbocycles. The maximum absolute atomic E-state index is 13.3. The fourth-order valence-corrected chi connectivity index (χ4v) is 4.21. The second kappa shape index (κ2) is 8.45. The van der Waals surface area contributed by atoms with Crippen LogP contribution in [-0.4, -0.2) is 19.3 Å². The molecule has 0 bridgehead atoms. The summed E-state index contributed by atoms with van der Waals surface area (Å²) in [7, 11) is -4.17. The number of aromatic nitrogens is 1. The summed E-state index contributed by atoms with van der Waals surface area (Å²) in [6.45, 7) is 0. The maximum Gasteiger partial charge on any atom is 0.416 e. The minimum absolute atomic E-state index is 0.000759. The van der Waals surface area contributed by atoms with E-state index in [9.17, 15) is 35.2 Å². The van der Waals surface area contributed by atoms with Crippen LogP contribution in [0.4, 0.5) is 33.3 Å². The highest BCUT2D eigenvalue weighted by atomic mass is 32.2. The van der Waals surface area contributed by atoms with Gasteiger partial charge < -0.3 is 10.3 Å². The van der Waals surface area contributed by atoms with E-state index in [2.05, 4.69) is 15.0 Å². The number of sulfonamides is 1. The predicted octanol–water partition coefficient (Wildman–Crippen LogP) is 5.52. The largest absolute Gasteiger partial charge is 0.416 e. The van der Waals surface area contributed by atoms with Crippen LogP contribution in [0.2, 0.25) is 0 Å². The molecule has 6 nitrogen and oxygen atoms in total. The summed E-state index contributed by atoms with van der Waals surface area (Å²) < 4.78 is 92.2. The van der Waals surface area contributed by atoms with Gasteiger partial charge >= 0.3 is 6.18 Å². The highest BCUT2D eigenvalue weighted by Gasteiger charge is 2.30. The first-order chi connectivity index (χ1) is 15.9. The SMILES string of the molecule is O=C(Nc1ccc(S(=O)(=O)Nc2cc(F)cc(F)c2)cc1)c1cc2cc(C(F)(F)F)ccc2[nH]1. The predicted molar refractivity (Wildman–Crippen MR) is 115 cm³/mol. The molecule has 0 radical (unpaired) electrons. The topological polar surface area (TPSA) is 91.1 Å². The lowest BCUT2D eigenvalue weighted by molar-refractivity contribution is -0.137. The molecular weight excluding hydrogens is 481 g/mol. The van der Waals surface area contributed by atoms with Crippen molar-refractivity contribution >= 4 is 38.2 Å². The normalized spacial score (nSPS) is 12.0. The number of anilines is 2.